The van der Waals surface area contributed by atoms with Gasteiger partial charge in [0.05, 0.1) is 11.8 Å². The van der Waals surface area contributed by atoms with E-state index in [0.29, 0.717) is 16.6 Å². The molecule has 1 atom stereocenters. The second-order valence-electron chi connectivity index (χ2n) is 7.66. The molecule has 1 unspecified atom stereocenters. The summed E-state index contributed by atoms with van der Waals surface area (Å²) in [6, 6.07) is 15.1. The molecule has 0 aliphatic carbocycles. The van der Waals surface area contributed by atoms with Crippen LogP contribution in [0.5, 0.6) is 0 Å². The lowest BCUT2D eigenvalue weighted by molar-refractivity contribution is -0.115. The number of thioether (sulfide) groups is 1. The maximum atomic E-state index is 13.3. The molecule has 0 bridgehead atoms. The molecule has 0 spiro atoms. The predicted octanol–water partition coefficient (Wildman–Crippen LogP) is 4.96. The molecule has 0 fully saturated rings. The van der Waals surface area contributed by atoms with Crippen LogP contribution in [0, 0.1) is 0 Å². The first-order valence-corrected chi connectivity index (χ1v) is 12.3. The minimum Gasteiger partial charge on any atom is -0.325 e. The van der Waals surface area contributed by atoms with E-state index in [1.54, 1.807) is 6.07 Å². The summed E-state index contributed by atoms with van der Waals surface area (Å²) in [6.07, 6.45) is 4.43. The molecule has 0 saturated carbocycles. The summed E-state index contributed by atoms with van der Waals surface area (Å²) in [5.41, 5.74) is 2.79. The van der Waals surface area contributed by atoms with Gasteiger partial charge in [-0.2, -0.15) is 0 Å². The molecule has 1 N–H and O–H groups in total. The predicted molar refractivity (Wildman–Crippen MR) is 137 cm³/mol. The Hall–Kier alpha value is -3.23. The molecule has 1 amide bonds. The number of benzene rings is 2. The summed E-state index contributed by atoms with van der Waals surface area (Å²) in [5, 5.41) is 3.44. The number of hydrogen-bond acceptors (Lipinski definition) is 6. The van der Waals surface area contributed by atoms with Gasteiger partial charge >= 0.3 is 0 Å². The number of nitrogens with zero attached hydrogens (tertiary/aromatic N) is 4. The fourth-order valence-corrected chi connectivity index (χ4v) is 4.65. The quantitative estimate of drug-likeness (QED) is 0.275. The van der Waals surface area contributed by atoms with Gasteiger partial charge in [-0.1, -0.05) is 67.5 Å². The Morgan fingerprint density at radius 2 is 1.82 bits per heavy atom. The fourth-order valence-electron chi connectivity index (χ4n) is 3.45. The van der Waals surface area contributed by atoms with Gasteiger partial charge in [-0.15, -0.1) is 0 Å². The van der Waals surface area contributed by atoms with Crippen LogP contribution in [0.3, 0.4) is 0 Å². The number of rotatable bonds is 8. The second-order valence-corrected chi connectivity index (χ2v) is 9.24. The third-order valence-corrected chi connectivity index (χ3v) is 7.11. The minimum atomic E-state index is -0.468. The van der Waals surface area contributed by atoms with E-state index in [1.165, 1.54) is 34.3 Å². The van der Waals surface area contributed by atoms with Crippen LogP contribution in [0.25, 0.3) is 11.2 Å². The summed E-state index contributed by atoms with van der Waals surface area (Å²) in [4.78, 5) is 39.4. The van der Waals surface area contributed by atoms with Crippen LogP contribution in [-0.4, -0.2) is 30.7 Å². The number of amides is 1. The summed E-state index contributed by atoms with van der Waals surface area (Å²) < 4.78 is 1.51. The number of aromatic nitrogens is 4. The third kappa shape index (κ3) is 5.29. The molecule has 4 rings (SSSR count). The van der Waals surface area contributed by atoms with Crippen LogP contribution in [0.4, 0.5) is 5.69 Å². The van der Waals surface area contributed by atoms with E-state index >= 15 is 0 Å². The lowest BCUT2D eigenvalue weighted by Gasteiger charge is -2.18. The van der Waals surface area contributed by atoms with Crippen LogP contribution < -0.4 is 10.9 Å². The molecule has 9 heteroatoms. The Bertz CT molecular complexity index is 1370. The van der Waals surface area contributed by atoms with Gasteiger partial charge in [0.1, 0.15) is 0 Å². The Kier molecular flexibility index (Phi) is 7.59. The standard InChI is InChI=1S/C25H24ClN5O2S/c1-3-16-9-11-18(12-10-16)29-23(32)20(4-2)34-25-30-22-21(27-13-14-28-22)24(33)31(25)15-17-7-5-6-8-19(17)26/h5-14,20H,3-4,15H2,1-2H3,(H,29,32). The number of halogens is 1. The first-order chi connectivity index (χ1) is 16.5. The Morgan fingerprint density at radius 3 is 2.53 bits per heavy atom. The van der Waals surface area contributed by atoms with Gasteiger partial charge in [-0.25, -0.2) is 15.0 Å². The van der Waals surface area contributed by atoms with Crippen LogP contribution in [0.2, 0.25) is 5.02 Å². The van der Waals surface area contributed by atoms with Crippen molar-refractivity contribution in [1.29, 1.82) is 0 Å². The van der Waals surface area contributed by atoms with Gasteiger partial charge < -0.3 is 5.32 Å². The Morgan fingerprint density at radius 1 is 1.09 bits per heavy atom. The molecule has 34 heavy (non-hydrogen) atoms. The van der Waals surface area contributed by atoms with E-state index in [4.69, 9.17) is 11.6 Å². The van der Waals surface area contributed by atoms with Crippen molar-refractivity contribution < 1.29 is 4.79 Å². The largest absolute Gasteiger partial charge is 0.325 e. The van der Waals surface area contributed by atoms with Crippen LogP contribution in [-0.2, 0) is 17.8 Å². The van der Waals surface area contributed by atoms with E-state index in [0.717, 1.165) is 17.7 Å². The number of carbonyl (C=O) groups is 1. The highest BCUT2D eigenvalue weighted by atomic mass is 35.5. The number of carbonyl (C=O) groups excluding carboxylic acids is 1. The molecule has 0 aliphatic heterocycles. The molecule has 174 valence electrons. The maximum Gasteiger partial charge on any atom is 0.282 e. The van der Waals surface area contributed by atoms with Gasteiger partial charge in [-0.05, 0) is 42.2 Å². The third-order valence-electron chi connectivity index (χ3n) is 5.39. The van der Waals surface area contributed by atoms with Crippen molar-refractivity contribution in [1.82, 2.24) is 19.5 Å². The lowest BCUT2D eigenvalue weighted by atomic mass is 10.1. The smallest absolute Gasteiger partial charge is 0.282 e. The number of aryl methyl sites for hydroxylation is 1. The summed E-state index contributed by atoms with van der Waals surface area (Å²) in [6.45, 7) is 4.21. The van der Waals surface area contributed by atoms with E-state index in [-0.39, 0.29) is 29.2 Å². The van der Waals surface area contributed by atoms with Crippen molar-refractivity contribution >= 4 is 46.1 Å². The van der Waals surface area contributed by atoms with E-state index < -0.39 is 5.25 Å². The van der Waals surface area contributed by atoms with Gasteiger partial charge in [0, 0.05) is 23.1 Å². The van der Waals surface area contributed by atoms with E-state index in [1.807, 2.05) is 49.4 Å². The fraction of sp³-hybridized carbons (Fsp3) is 0.240. The zero-order valence-electron chi connectivity index (χ0n) is 18.9. The van der Waals surface area contributed by atoms with Crippen molar-refractivity contribution in [3.8, 4) is 0 Å². The number of nitrogens with one attached hydrogen (secondary N) is 1. The Balaban J connectivity index is 1.67. The highest BCUT2D eigenvalue weighted by Gasteiger charge is 2.23. The van der Waals surface area contributed by atoms with Crippen molar-refractivity contribution in [3.05, 3.63) is 87.4 Å². The van der Waals surface area contributed by atoms with E-state index in [2.05, 4.69) is 27.2 Å². The first-order valence-electron chi connectivity index (χ1n) is 11.0. The molecule has 2 aromatic heterocycles. The molecule has 4 aromatic rings. The monoisotopic (exact) mass is 493 g/mol. The second kappa shape index (κ2) is 10.8. The molecule has 0 aliphatic rings. The molecule has 0 radical (unpaired) electrons. The lowest BCUT2D eigenvalue weighted by Crippen LogP contribution is -2.29. The molecule has 7 nitrogen and oxygen atoms in total. The average molecular weight is 494 g/mol. The first kappa shape index (κ1) is 23.9. The van der Waals surface area contributed by atoms with Crippen molar-refractivity contribution in [3.63, 3.8) is 0 Å². The zero-order chi connectivity index (χ0) is 24.1. The van der Waals surface area contributed by atoms with Gasteiger partial charge in [0.15, 0.2) is 16.3 Å². The van der Waals surface area contributed by atoms with Crippen LogP contribution in [0.1, 0.15) is 31.4 Å². The summed E-state index contributed by atoms with van der Waals surface area (Å²) in [7, 11) is 0. The van der Waals surface area contributed by atoms with Gasteiger partial charge in [0.2, 0.25) is 5.91 Å². The summed E-state index contributed by atoms with van der Waals surface area (Å²) in [5.74, 6) is -0.158. The average Bonchev–Trinajstić information content (AvgIpc) is 2.86. The molecular weight excluding hydrogens is 470 g/mol. The normalized spacial score (nSPS) is 12.0. The van der Waals surface area contributed by atoms with Crippen LogP contribution >= 0.6 is 23.4 Å². The maximum absolute atomic E-state index is 13.3. The zero-order valence-corrected chi connectivity index (χ0v) is 20.4. The highest BCUT2D eigenvalue weighted by Crippen LogP contribution is 2.27. The van der Waals surface area contributed by atoms with Crippen molar-refractivity contribution in [2.24, 2.45) is 0 Å². The molecule has 2 aromatic carbocycles. The highest BCUT2D eigenvalue weighted by molar-refractivity contribution is 8.00. The van der Waals surface area contributed by atoms with Crippen molar-refractivity contribution in [2.45, 2.75) is 43.6 Å². The number of hydrogen-bond donors (Lipinski definition) is 1. The molecule has 0 saturated heterocycles. The summed E-state index contributed by atoms with van der Waals surface area (Å²) >= 11 is 7.59. The minimum absolute atomic E-state index is 0.158. The topological polar surface area (TPSA) is 89.8 Å². The Labute approximate surface area is 206 Å². The van der Waals surface area contributed by atoms with Crippen molar-refractivity contribution in [2.75, 3.05) is 5.32 Å². The number of anilines is 1. The number of fused-ring (bicyclic) bond motifs is 1. The molecular formula is C25H24ClN5O2S. The SMILES string of the molecule is CCc1ccc(NC(=O)C(CC)Sc2nc3nccnc3c(=O)n2Cc2ccccc2Cl)cc1. The van der Waals surface area contributed by atoms with Gasteiger partial charge in [0.25, 0.3) is 5.56 Å². The van der Waals surface area contributed by atoms with E-state index in [9.17, 15) is 9.59 Å². The van der Waals surface area contributed by atoms with Crippen LogP contribution in [0.15, 0.2) is 70.9 Å². The van der Waals surface area contributed by atoms with Gasteiger partial charge in [-0.3, -0.25) is 14.2 Å². The molecule has 2 heterocycles.